The van der Waals surface area contributed by atoms with Crippen LogP contribution >= 0.6 is 23.2 Å². The average molecular weight is 336 g/mol. The van der Waals surface area contributed by atoms with E-state index in [1.54, 1.807) is 24.3 Å². The van der Waals surface area contributed by atoms with E-state index in [1.807, 2.05) is 0 Å². The smallest absolute Gasteiger partial charge is 0.406 e. The van der Waals surface area contributed by atoms with Crippen molar-refractivity contribution in [1.82, 2.24) is 0 Å². The van der Waals surface area contributed by atoms with Crippen LogP contribution in [0.1, 0.15) is 17.2 Å². The number of benzene rings is 2. The van der Waals surface area contributed by atoms with E-state index in [4.69, 9.17) is 28.9 Å². The van der Waals surface area contributed by atoms with Crippen LogP contribution < -0.4 is 10.5 Å². The van der Waals surface area contributed by atoms with Crippen LogP contribution in [0.15, 0.2) is 42.5 Å². The van der Waals surface area contributed by atoms with Gasteiger partial charge >= 0.3 is 6.36 Å². The molecule has 0 aliphatic heterocycles. The highest BCUT2D eigenvalue weighted by Gasteiger charge is 2.31. The van der Waals surface area contributed by atoms with Crippen LogP contribution in [0.4, 0.5) is 13.2 Å². The molecule has 2 N–H and O–H groups in total. The molecule has 2 nitrogen and oxygen atoms in total. The summed E-state index contributed by atoms with van der Waals surface area (Å²) < 4.78 is 40.5. The number of rotatable bonds is 3. The fraction of sp³-hybridized carbons (Fsp3) is 0.143. The Morgan fingerprint density at radius 3 is 2.24 bits per heavy atom. The maximum absolute atomic E-state index is 12.2. The molecule has 2 rings (SSSR count). The third-order valence-electron chi connectivity index (χ3n) is 2.75. The minimum Gasteiger partial charge on any atom is -0.406 e. The lowest BCUT2D eigenvalue weighted by Crippen LogP contribution is -2.18. The van der Waals surface area contributed by atoms with Crippen LogP contribution in [0, 0.1) is 0 Å². The molecule has 0 saturated heterocycles. The van der Waals surface area contributed by atoms with Crippen molar-refractivity contribution in [1.29, 1.82) is 0 Å². The quantitative estimate of drug-likeness (QED) is 0.862. The molecule has 112 valence electrons. The highest BCUT2D eigenvalue weighted by Crippen LogP contribution is 2.30. The fourth-order valence-corrected chi connectivity index (χ4v) is 2.11. The van der Waals surface area contributed by atoms with Crippen molar-refractivity contribution in [2.45, 2.75) is 12.4 Å². The summed E-state index contributed by atoms with van der Waals surface area (Å²) in [5, 5.41) is 0.703. The summed E-state index contributed by atoms with van der Waals surface area (Å²) >= 11 is 11.7. The highest BCUT2D eigenvalue weighted by atomic mass is 35.5. The molecule has 0 radical (unpaired) electrons. The molecule has 0 aliphatic carbocycles. The van der Waals surface area contributed by atoms with Crippen LogP contribution in [-0.4, -0.2) is 6.36 Å². The van der Waals surface area contributed by atoms with Gasteiger partial charge in [-0.2, -0.15) is 0 Å². The zero-order valence-electron chi connectivity index (χ0n) is 10.5. The maximum atomic E-state index is 12.2. The summed E-state index contributed by atoms with van der Waals surface area (Å²) in [5.41, 5.74) is 7.13. The van der Waals surface area contributed by atoms with Crippen molar-refractivity contribution in [3.8, 4) is 5.75 Å². The molecule has 0 saturated carbocycles. The molecule has 1 atom stereocenters. The zero-order chi connectivity index (χ0) is 15.6. The van der Waals surface area contributed by atoms with Crippen molar-refractivity contribution in [2.75, 3.05) is 0 Å². The molecular weight excluding hydrogens is 326 g/mol. The zero-order valence-corrected chi connectivity index (χ0v) is 12.0. The summed E-state index contributed by atoms with van der Waals surface area (Å²) in [6.07, 6.45) is -4.74. The van der Waals surface area contributed by atoms with Gasteiger partial charge in [-0.1, -0.05) is 41.4 Å². The van der Waals surface area contributed by atoms with E-state index in [0.717, 1.165) is 0 Å². The summed E-state index contributed by atoms with van der Waals surface area (Å²) in [5.74, 6) is -0.324. The van der Waals surface area contributed by atoms with Crippen LogP contribution in [-0.2, 0) is 0 Å². The Labute approximate surface area is 129 Å². The van der Waals surface area contributed by atoms with E-state index >= 15 is 0 Å². The highest BCUT2D eigenvalue weighted by molar-refractivity contribution is 6.42. The lowest BCUT2D eigenvalue weighted by Gasteiger charge is -2.15. The second kappa shape index (κ2) is 6.13. The van der Waals surface area contributed by atoms with Gasteiger partial charge in [-0.3, -0.25) is 0 Å². The normalized spacial score (nSPS) is 13.0. The van der Waals surface area contributed by atoms with Crippen molar-refractivity contribution in [3.05, 3.63) is 63.6 Å². The Kier molecular flexibility index (Phi) is 4.66. The Balaban J connectivity index is 2.28. The van der Waals surface area contributed by atoms with E-state index in [1.165, 1.54) is 18.2 Å². The van der Waals surface area contributed by atoms with Gasteiger partial charge in [0.2, 0.25) is 0 Å². The van der Waals surface area contributed by atoms with Crippen LogP contribution in [0.5, 0.6) is 5.75 Å². The number of nitrogens with two attached hydrogens (primary N) is 1. The molecule has 0 bridgehead atoms. The third-order valence-corrected chi connectivity index (χ3v) is 3.49. The standard InChI is InChI=1S/C14H10Cl2F3NO/c15-11-5-4-9(7-12(11)16)13(20)8-2-1-3-10(6-8)21-14(17,18)19/h1-7,13H,20H2. The molecular formula is C14H10Cl2F3NO. The van der Waals surface area contributed by atoms with Crippen LogP contribution in [0.3, 0.4) is 0 Å². The molecule has 0 heterocycles. The van der Waals surface area contributed by atoms with Gasteiger partial charge in [0, 0.05) is 0 Å². The minimum absolute atomic E-state index is 0.324. The van der Waals surface area contributed by atoms with E-state index in [2.05, 4.69) is 4.74 Å². The fourth-order valence-electron chi connectivity index (χ4n) is 1.80. The van der Waals surface area contributed by atoms with Gasteiger partial charge in [0.1, 0.15) is 5.75 Å². The molecule has 0 fully saturated rings. The first kappa shape index (κ1) is 15.9. The number of hydrogen-bond acceptors (Lipinski definition) is 2. The molecule has 1 unspecified atom stereocenters. The van der Waals surface area contributed by atoms with Gasteiger partial charge in [0.15, 0.2) is 0 Å². The maximum Gasteiger partial charge on any atom is 0.573 e. The summed E-state index contributed by atoms with van der Waals surface area (Å²) in [6, 6.07) is 9.66. The van der Waals surface area contributed by atoms with Gasteiger partial charge in [-0.15, -0.1) is 13.2 Å². The summed E-state index contributed by atoms with van der Waals surface area (Å²) in [7, 11) is 0. The van der Waals surface area contributed by atoms with Gasteiger partial charge in [-0.25, -0.2) is 0 Å². The van der Waals surface area contributed by atoms with E-state index < -0.39 is 12.4 Å². The molecule has 7 heteroatoms. The number of hydrogen-bond donors (Lipinski definition) is 1. The van der Waals surface area contributed by atoms with E-state index in [-0.39, 0.29) is 5.75 Å². The molecule has 2 aromatic carbocycles. The first-order chi connectivity index (χ1) is 9.76. The van der Waals surface area contributed by atoms with Crippen molar-refractivity contribution in [2.24, 2.45) is 5.73 Å². The Hall–Kier alpha value is -1.43. The Bertz CT molecular complexity index is 646. The Morgan fingerprint density at radius 1 is 0.952 bits per heavy atom. The molecule has 0 amide bonds. The first-order valence-corrected chi connectivity index (χ1v) is 6.58. The number of alkyl halides is 3. The third kappa shape index (κ3) is 4.27. The van der Waals surface area contributed by atoms with Crippen LogP contribution in [0.25, 0.3) is 0 Å². The van der Waals surface area contributed by atoms with E-state index in [9.17, 15) is 13.2 Å². The van der Waals surface area contributed by atoms with Crippen LogP contribution in [0.2, 0.25) is 10.0 Å². The predicted molar refractivity (Wildman–Crippen MR) is 75.6 cm³/mol. The van der Waals surface area contributed by atoms with E-state index in [0.29, 0.717) is 21.2 Å². The number of ether oxygens (including phenoxy) is 1. The van der Waals surface area contributed by atoms with Crippen molar-refractivity contribution >= 4 is 23.2 Å². The second-order valence-corrected chi connectivity index (χ2v) is 5.09. The monoisotopic (exact) mass is 335 g/mol. The lowest BCUT2D eigenvalue weighted by atomic mass is 9.99. The molecule has 2 aromatic rings. The summed E-state index contributed by atoms with van der Waals surface area (Å²) in [6.45, 7) is 0. The summed E-state index contributed by atoms with van der Waals surface area (Å²) in [4.78, 5) is 0. The first-order valence-electron chi connectivity index (χ1n) is 5.82. The SMILES string of the molecule is NC(c1cccc(OC(F)(F)F)c1)c1ccc(Cl)c(Cl)c1. The Morgan fingerprint density at radius 2 is 1.62 bits per heavy atom. The van der Waals surface area contributed by atoms with Gasteiger partial charge in [-0.05, 0) is 35.4 Å². The second-order valence-electron chi connectivity index (χ2n) is 4.27. The average Bonchev–Trinajstić information content (AvgIpc) is 2.39. The van der Waals surface area contributed by atoms with Gasteiger partial charge < -0.3 is 10.5 Å². The lowest BCUT2D eigenvalue weighted by molar-refractivity contribution is -0.274. The largest absolute Gasteiger partial charge is 0.573 e. The molecule has 21 heavy (non-hydrogen) atoms. The minimum atomic E-state index is -4.74. The molecule has 0 aliphatic rings. The van der Waals surface area contributed by atoms with Gasteiger partial charge in [0.25, 0.3) is 0 Å². The van der Waals surface area contributed by atoms with Crippen molar-refractivity contribution < 1.29 is 17.9 Å². The number of halogens is 5. The van der Waals surface area contributed by atoms with Gasteiger partial charge in [0.05, 0.1) is 16.1 Å². The van der Waals surface area contributed by atoms with Crippen molar-refractivity contribution in [3.63, 3.8) is 0 Å². The molecule has 0 aromatic heterocycles. The molecule has 0 spiro atoms. The predicted octanol–water partition coefficient (Wildman–Crippen LogP) is 4.94. The topological polar surface area (TPSA) is 35.2 Å².